The summed E-state index contributed by atoms with van der Waals surface area (Å²) in [6, 6.07) is 18.0. The lowest BCUT2D eigenvalue weighted by atomic mass is 9.97. The highest BCUT2D eigenvalue weighted by atomic mass is 16.1. The van der Waals surface area contributed by atoms with Crippen molar-refractivity contribution >= 4 is 5.65 Å². The molecule has 0 amide bonds. The number of benzene rings is 2. The first-order valence-electron chi connectivity index (χ1n) is 9.23. The number of nitriles is 1. The predicted molar refractivity (Wildman–Crippen MR) is 107 cm³/mol. The Bertz CT molecular complexity index is 1230. The number of H-pyrrole nitrogens is 1. The van der Waals surface area contributed by atoms with Gasteiger partial charge in [-0.1, -0.05) is 55.8 Å². The number of rotatable bonds is 5. The van der Waals surface area contributed by atoms with E-state index in [0.717, 1.165) is 40.8 Å². The van der Waals surface area contributed by atoms with Crippen LogP contribution in [0.3, 0.4) is 0 Å². The molecular formula is C22H19N5O. The molecule has 1 N–H and O–H groups in total. The highest BCUT2D eigenvalue weighted by Crippen LogP contribution is 2.25. The van der Waals surface area contributed by atoms with Crippen molar-refractivity contribution in [2.75, 3.05) is 0 Å². The lowest BCUT2D eigenvalue weighted by molar-refractivity contribution is 0.819. The minimum atomic E-state index is -0.375. The summed E-state index contributed by atoms with van der Waals surface area (Å²) in [5, 5.41) is 12.0. The number of aromatic amines is 1. The van der Waals surface area contributed by atoms with E-state index in [1.54, 1.807) is 10.8 Å². The zero-order valence-electron chi connectivity index (χ0n) is 15.5. The minimum absolute atomic E-state index is 0.375. The quantitative estimate of drug-likeness (QED) is 0.583. The molecule has 2 aromatic heterocycles. The van der Waals surface area contributed by atoms with Gasteiger partial charge in [-0.05, 0) is 29.2 Å². The van der Waals surface area contributed by atoms with Crippen molar-refractivity contribution in [3.8, 4) is 17.2 Å². The Hall–Kier alpha value is -3.72. The minimum Gasteiger partial charge on any atom is -0.244 e. The molecule has 0 spiro atoms. The van der Waals surface area contributed by atoms with Gasteiger partial charge in [0.2, 0.25) is 0 Å². The van der Waals surface area contributed by atoms with Crippen molar-refractivity contribution in [3.63, 3.8) is 0 Å². The van der Waals surface area contributed by atoms with Crippen LogP contribution in [0.4, 0.5) is 0 Å². The predicted octanol–water partition coefficient (Wildman–Crippen LogP) is 3.50. The van der Waals surface area contributed by atoms with Gasteiger partial charge in [-0.15, -0.1) is 0 Å². The van der Waals surface area contributed by atoms with Crippen molar-refractivity contribution in [2.24, 2.45) is 0 Å². The maximum atomic E-state index is 11.7. The number of hydrogen-bond donors (Lipinski definition) is 1. The number of fused-ring (bicyclic) bond motifs is 1. The summed E-state index contributed by atoms with van der Waals surface area (Å²) in [5.74, 6) is 0. The van der Waals surface area contributed by atoms with Crippen LogP contribution in [0.25, 0.3) is 16.8 Å². The number of aromatic nitrogens is 4. The molecule has 138 valence electrons. The fourth-order valence-electron chi connectivity index (χ4n) is 3.43. The van der Waals surface area contributed by atoms with E-state index < -0.39 is 0 Å². The summed E-state index contributed by atoms with van der Waals surface area (Å²) in [4.78, 5) is 20.3. The Morgan fingerprint density at radius 3 is 2.68 bits per heavy atom. The van der Waals surface area contributed by atoms with Gasteiger partial charge in [-0.2, -0.15) is 10.2 Å². The Balaban J connectivity index is 1.71. The van der Waals surface area contributed by atoms with Gasteiger partial charge in [-0.3, -0.25) is 0 Å². The van der Waals surface area contributed by atoms with E-state index in [1.807, 2.05) is 48.5 Å². The molecule has 0 saturated heterocycles. The first kappa shape index (κ1) is 17.7. The van der Waals surface area contributed by atoms with E-state index in [1.165, 1.54) is 0 Å². The highest BCUT2D eigenvalue weighted by molar-refractivity contribution is 5.70. The normalized spacial score (nSPS) is 10.9. The Kier molecular flexibility index (Phi) is 4.73. The molecule has 0 unspecified atom stereocenters. The van der Waals surface area contributed by atoms with Gasteiger partial charge in [0, 0.05) is 17.7 Å². The number of nitrogens with zero attached hydrogens (tertiary/aromatic N) is 4. The van der Waals surface area contributed by atoms with Gasteiger partial charge in [0.25, 0.3) is 0 Å². The molecular weight excluding hydrogens is 350 g/mol. The molecule has 2 aromatic carbocycles. The molecule has 0 aliphatic carbocycles. The van der Waals surface area contributed by atoms with Crippen LogP contribution in [0.15, 0.2) is 59.7 Å². The fourth-order valence-corrected chi connectivity index (χ4v) is 3.43. The molecule has 0 bridgehead atoms. The maximum Gasteiger partial charge on any atom is 0.362 e. The second kappa shape index (κ2) is 7.49. The van der Waals surface area contributed by atoms with Crippen molar-refractivity contribution < 1.29 is 0 Å². The third-order valence-corrected chi connectivity index (χ3v) is 4.78. The van der Waals surface area contributed by atoms with E-state index in [4.69, 9.17) is 0 Å². The van der Waals surface area contributed by atoms with E-state index in [0.29, 0.717) is 17.6 Å². The third kappa shape index (κ3) is 3.30. The third-order valence-electron chi connectivity index (χ3n) is 4.78. The monoisotopic (exact) mass is 369 g/mol. The molecule has 6 heteroatoms. The van der Waals surface area contributed by atoms with Crippen molar-refractivity contribution in [1.29, 1.82) is 5.26 Å². The summed E-state index contributed by atoms with van der Waals surface area (Å²) in [5.41, 5.74) is 5.86. The first-order chi connectivity index (χ1) is 13.7. The molecule has 2 heterocycles. The van der Waals surface area contributed by atoms with Gasteiger partial charge >= 0.3 is 5.69 Å². The van der Waals surface area contributed by atoms with E-state index in [-0.39, 0.29) is 5.69 Å². The van der Waals surface area contributed by atoms with Crippen LogP contribution < -0.4 is 5.69 Å². The largest absolute Gasteiger partial charge is 0.362 e. The average Bonchev–Trinajstić information content (AvgIpc) is 3.11. The Morgan fingerprint density at radius 1 is 1.14 bits per heavy atom. The van der Waals surface area contributed by atoms with Crippen LogP contribution in [-0.2, 0) is 12.8 Å². The summed E-state index contributed by atoms with van der Waals surface area (Å²) < 4.78 is 1.58. The van der Waals surface area contributed by atoms with Gasteiger partial charge in [0.1, 0.15) is 6.33 Å². The average molecular weight is 369 g/mol. The zero-order valence-corrected chi connectivity index (χ0v) is 15.5. The van der Waals surface area contributed by atoms with Crippen LogP contribution in [0.2, 0.25) is 0 Å². The van der Waals surface area contributed by atoms with Gasteiger partial charge in [0.15, 0.2) is 5.65 Å². The SMILES string of the molecule is CCCc1ncn2[nH]c(=O)nc2c1Cc1ccc(-c2ccccc2C#N)cc1. The van der Waals surface area contributed by atoms with Crippen LogP contribution in [0.5, 0.6) is 0 Å². The number of hydrogen-bond acceptors (Lipinski definition) is 4. The van der Waals surface area contributed by atoms with E-state index >= 15 is 0 Å². The molecule has 28 heavy (non-hydrogen) atoms. The lowest BCUT2D eigenvalue weighted by Gasteiger charge is -2.10. The molecule has 0 aliphatic rings. The summed E-state index contributed by atoms with van der Waals surface area (Å²) >= 11 is 0. The highest BCUT2D eigenvalue weighted by Gasteiger charge is 2.13. The van der Waals surface area contributed by atoms with Crippen molar-refractivity contribution in [3.05, 3.63) is 87.7 Å². The van der Waals surface area contributed by atoms with Crippen molar-refractivity contribution in [2.45, 2.75) is 26.2 Å². The van der Waals surface area contributed by atoms with E-state index in [9.17, 15) is 10.1 Å². The molecule has 6 nitrogen and oxygen atoms in total. The summed E-state index contributed by atoms with van der Waals surface area (Å²) in [6.07, 6.45) is 4.05. The summed E-state index contributed by atoms with van der Waals surface area (Å²) in [7, 11) is 0. The second-order valence-electron chi connectivity index (χ2n) is 6.67. The van der Waals surface area contributed by atoms with Gasteiger partial charge in [0.05, 0.1) is 11.6 Å². The Labute approximate surface area is 162 Å². The second-order valence-corrected chi connectivity index (χ2v) is 6.67. The Morgan fingerprint density at radius 2 is 1.93 bits per heavy atom. The molecule has 0 atom stereocenters. The first-order valence-corrected chi connectivity index (χ1v) is 9.23. The fraction of sp³-hybridized carbons (Fsp3) is 0.182. The van der Waals surface area contributed by atoms with E-state index in [2.05, 4.69) is 28.1 Å². The summed E-state index contributed by atoms with van der Waals surface area (Å²) in [6.45, 7) is 2.10. The molecule has 0 radical (unpaired) electrons. The molecule has 0 saturated carbocycles. The van der Waals surface area contributed by atoms with Crippen LogP contribution in [-0.4, -0.2) is 19.6 Å². The number of nitrogens with one attached hydrogen (secondary N) is 1. The van der Waals surface area contributed by atoms with Gasteiger partial charge in [-0.25, -0.2) is 19.4 Å². The molecule has 4 rings (SSSR count). The molecule has 0 aliphatic heterocycles. The van der Waals surface area contributed by atoms with Crippen LogP contribution >= 0.6 is 0 Å². The maximum absolute atomic E-state index is 11.7. The zero-order chi connectivity index (χ0) is 19.5. The topological polar surface area (TPSA) is 86.8 Å². The van der Waals surface area contributed by atoms with Gasteiger partial charge < -0.3 is 0 Å². The number of aryl methyl sites for hydroxylation is 1. The van der Waals surface area contributed by atoms with Crippen LogP contribution in [0.1, 0.15) is 35.7 Å². The standard InChI is InChI=1S/C22H19N5O/c1-2-5-20-19(21-25-22(28)26-27(21)14-24-20)12-15-8-10-16(11-9-15)18-7-4-3-6-17(18)13-23/h3-4,6-11,14H,2,5,12H2,1H3,(H,26,28). The lowest BCUT2D eigenvalue weighted by Crippen LogP contribution is -2.04. The smallest absolute Gasteiger partial charge is 0.244 e. The molecule has 0 fully saturated rings. The molecule has 4 aromatic rings. The van der Waals surface area contributed by atoms with Crippen molar-refractivity contribution in [1.82, 2.24) is 19.6 Å². The van der Waals surface area contributed by atoms with Crippen LogP contribution in [0, 0.1) is 11.3 Å².